The molecule has 8 nitrogen and oxygen atoms in total. The summed E-state index contributed by atoms with van der Waals surface area (Å²) in [6.07, 6.45) is 0.913. The lowest BCUT2D eigenvalue weighted by molar-refractivity contribution is -0.142. The van der Waals surface area contributed by atoms with Crippen LogP contribution in [0.1, 0.15) is 6.42 Å². The molecule has 1 saturated heterocycles. The van der Waals surface area contributed by atoms with Gasteiger partial charge in [-0.15, -0.1) is 0 Å². The average Bonchev–Trinajstić information content (AvgIpc) is 2.34. The lowest BCUT2D eigenvalue weighted by atomic mass is 10.2. The summed E-state index contributed by atoms with van der Waals surface area (Å²) in [6, 6.07) is -1.17. The number of piperazine rings is 1. The molecule has 1 atom stereocenters. The maximum atomic E-state index is 11.8. The molecule has 1 heterocycles. The molecule has 0 aromatic heterocycles. The van der Waals surface area contributed by atoms with Gasteiger partial charge in [-0.1, -0.05) is 0 Å². The summed E-state index contributed by atoms with van der Waals surface area (Å²) < 4.78 is 22.1. The first-order chi connectivity index (χ1) is 9.28. The van der Waals surface area contributed by atoms with Crippen LogP contribution in [0.25, 0.3) is 0 Å². The van der Waals surface area contributed by atoms with Crippen molar-refractivity contribution in [2.24, 2.45) is 0 Å². The molecule has 0 aromatic carbocycles. The second-order valence-corrected chi connectivity index (χ2v) is 7.16. The van der Waals surface area contributed by atoms with E-state index in [-0.39, 0.29) is 18.7 Å². The highest BCUT2D eigenvalue weighted by molar-refractivity contribution is 7.90. The molecule has 0 saturated carbocycles. The fourth-order valence-electron chi connectivity index (χ4n) is 1.90. The first kappa shape index (κ1) is 16.9. The van der Waals surface area contributed by atoms with E-state index in [1.54, 1.807) is 0 Å². The van der Waals surface area contributed by atoms with Gasteiger partial charge in [-0.2, -0.15) is 0 Å². The second kappa shape index (κ2) is 7.55. The zero-order valence-corrected chi connectivity index (χ0v) is 12.3. The van der Waals surface area contributed by atoms with Crippen molar-refractivity contribution in [1.82, 2.24) is 15.5 Å². The molecule has 1 aliphatic heterocycles. The fourth-order valence-corrected chi connectivity index (χ4v) is 2.57. The molecule has 116 valence electrons. The van der Waals surface area contributed by atoms with Gasteiger partial charge in [-0.25, -0.2) is 13.2 Å². The Bertz CT molecular complexity index is 445. The Hall–Kier alpha value is -1.19. The van der Waals surface area contributed by atoms with E-state index < -0.39 is 27.8 Å². The van der Waals surface area contributed by atoms with Crippen LogP contribution >= 0.6 is 0 Å². The quantitative estimate of drug-likeness (QED) is 0.493. The van der Waals surface area contributed by atoms with E-state index in [1.807, 2.05) is 4.90 Å². The van der Waals surface area contributed by atoms with Crippen LogP contribution in [0.15, 0.2) is 0 Å². The lowest BCUT2D eigenvalue weighted by Gasteiger charge is -2.27. The summed E-state index contributed by atoms with van der Waals surface area (Å²) in [6.45, 7) is 3.18. The molecule has 0 aliphatic carbocycles. The first-order valence-electron chi connectivity index (χ1n) is 6.41. The molecule has 1 aliphatic rings. The lowest BCUT2D eigenvalue weighted by Crippen LogP contribution is -2.50. The minimum Gasteiger partial charge on any atom is -0.480 e. The predicted molar refractivity (Wildman–Crippen MR) is 73.2 cm³/mol. The largest absolute Gasteiger partial charge is 0.480 e. The Balaban J connectivity index is 2.43. The van der Waals surface area contributed by atoms with Gasteiger partial charge in [0.05, 0.1) is 12.3 Å². The van der Waals surface area contributed by atoms with Gasteiger partial charge >= 0.3 is 5.97 Å². The molecule has 1 unspecified atom stereocenters. The van der Waals surface area contributed by atoms with Gasteiger partial charge < -0.3 is 15.7 Å². The van der Waals surface area contributed by atoms with Crippen molar-refractivity contribution in [2.75, 3.05) is 44.7 Å². The Kier molecular flexibility index (Phi) is 6.37. The Morgan fingerprint density at radius 3 is 2.45 bits per heavy atom. The molecule has 0 spiro atoms. The van der Waals surface area contributed by atoms with Crippen molar-refractivity contribution in [3.8, 4) is 0 Å². The molecular formula is C11H21N3O5S. The highest BCUT2D eigenvalue weighted by Crippen LogP contribution is 1.98. The average molecular weight is 307 g/mol. The summed E-state index contributed by atoms with van der Waals surface area (Å²) in [5.74, 6) is -1.88. The third-order valence-electron chi connectivity index (χ3n) is 2.99. The van der Waals surface area contributed by atoms with Crippen molar-refractivity contribution in [2.45, 2.75) is 12.5 Å². The SMILES string of the molecule is CS(=O)(=O)CCC(NC(=O)CN1CCNCC1)C(=O)O. The molecule has 0 aromatic rings. The highest BCUT2D eigenvalue weighted by atomic mass is 32.2. The molecule has 9 heteroatoms. The Morgan fingerprint density at radius 2 is 1.95 bits per heavy atom. The number of carboxylic acids is 1. The van der Waals surface area contributed by atoms with E-state index in [1.165, 1.54) is 0 Å². The van der Waals surface area contributed by atoms with Crippen molar-refractivity contribution in [3.05, 3.63) is 0 Å². The molecule has 1 rings (SSSR count). The van der Waals surface area contributed by atoms with E-state index >= 15 is 0 Å². The summed E-state index contributed by atoms with van der Waals surface area (Å²) in [5, 5.41) is 14.5. The number of sulfone groups is 1. The number of amides is 1. The third kappa shape index (κ3) is 6.83. The van der Waals surface area contributed by atoms with Crippen molar-refractivity contribution >= 4 is 21.7 Å². The van der Waals surface area contributed by atoms with Crippen molar-refractivity contribution in [1.29, 1.82) is 0 Å². The highest BCUT2D eigenvalue weighted by Gasteiger charge is 2.23. The standard InChI is InChI=1S/C11H21N3O5S/c1-20(18,19)7-2-9(11(16)17)13-10(15)8-14-5-3-12-4-6-14/h9,12H,2-8H2,1H3,(H,13,15)(H,16,17). The second-order valence-electron chi connectivity index (χ2n) is 4.90. The first-order valence-corrected chi connectivity index (χ1v) is 8.47. The van der Waals surface area contributed by atoms with Crippen LogP contribution in [0.4, 0.5) is 0 Å². The number of hydrogen-bond acceptors (Lipinski definition) is 6. The molecule has 0 radical (unpaired) electrons. The summed E-state index contributed by atoms with van der Waals surface area (Å²) in [4.78, 5) is 24.7. The van der Waals surface area contributed by atoms with E-state index in [2.05, 4.69) is 10.6 Å². The normalized spacial score (nSPS) is 18.4. The van der Waals surface area contributed by atoms with Crippen LogP contribution in [-0.4, -0.2) is 81.1 Å². The number of carbonyl (C=O) groups is 2. The Morgan fingerprint density at radius 1 is 1.35 bits per heavy atom. The smallest absolute Gasteiger partial charge is 0.326 e. The van der Waals surface area contributed by atoms with Crippen LogP contribution in [0.5, 0.6) is 0 Å². The zero-order valence-electron chi connectivity index (χ0n) is 11.5. The third-order valence-corrected chi connectivity index (χ3v) is 3.96. The van der Waals surface area contributed by atoms with Crippen LogP contribution in [0.3, 0.4) is 0 Å². The van der Waals surface area contributed by atoms with Gasteiger partial charge in [0.15, 0.2) is 0 Å². The van der Waals surface area contributed by atoms with Crippen molar-refractivity contribution in [3.63, 3.8) is 0 Å². The number of carbonyl (C=O) groups excluding carboxylic acids is 1. The fraction of sp³-hybridized carbons (Fsp3) is 0.818. The number of rotatable bonds is 7. The van der Waals surface area contributed by atoms with E-state index in [4.69, 9.17) is 5.11 Å². The Labute approximate surface area is 118 Å². The number of nitrogens with one attached hydrogen (secondary N) is 2. The minimum absolute atomic E-state index is 0.124. The summed E-state index contributed by atoms with van der Waals surface area (Å²) >= 11 is 0. The van der Waals surface area contributed by atoms with E-state index in [0.29, 0.717) is 0 Å². The van der Waals surface area contributed by atoms with Gasteiger partial charge in [0, 0.05) is 32.4 Å². The molecule has 1 amide bonds. The van der Waals surface area contributed by atoms with Crippen molar-refractivity contribution < 1.29 is 23.1 Å². The number of hydrogen-bond donors (Lipinski definition) is 3. The molecular weight excluding hydrogens is 286 g/mol. The number of aliphatic carboxylic acids is 1. The zero-order chi connectivity index (χ0) is 15.2. The van der Waals surface area contributed by atoms with E-state index in [0.717, 1.165) is 32.4 Å². The van der Waals surface area contributed by atoms with Crippen LogP contribution in [-0.2, 0) is 19.4 Å². The topological polar surface area (TPSA) is 116 Å². The molecule has 20 heavy (non-hydrogen) atoms. The number of carboxylic acid groups (broad SMARTS) is 1. The molecule has 1 fully saturated rings. The van der Waals surface area contributed by atoms with E-state index in [9.17, 15) is 18.0 Å². The predicted octanol–water partition coefficient (Wildman–Crippen LogP) is -2.10. The maximum Gasteiger partial charge on any atom is 0.326 e. The monoisotopic (exact) mass is 307 g/mol. The van der Waals surface area contributed by atoms with Gasteiger partial charge in [-0.3, -0.25) is 9.69 Å². The van der Waals surface area contributed by atoms with Crippen LogP contribution in [0.2, 0.25) is 0 Å². The molecule has 0 bridgehead atoms. The minimum atomic E-state index is -3.25. The summed E-state index contributed by atoms with van der Waals surface area (Å²) in [7, 11) is -3.25. The van der Waals surface area contributed by atoms with Gasteiger partial charge in [0.25, 0.3) is 0 Å². The molecule has 3 N–H and O–H groups in total. The summed E-state index contributed by atoms with van der Waals surface area (Å²) in [5.41, 5.74) is 0. The number of nitrogens with zero attached hydrogens (tertiary/aromatic N) is 1. The van der Waals surface area contributed by atoms with Crippen LogP contribution in [0, 0.1) is 0 Å². The maximum absolute atomic E-state index is 11.8. The van der Waals surface area contributed by atoms with Crippen LogP contribution < -0.4 is 10.6 Å². The van der Waals surface area contributed by atoms with Gasteiger partial charge in [0.2, 0.25) is 5.91 Å². The van der Waals surface area contributed by atoms with Gasteiger partial charge in [0.1, 0.15) is 15.9 Å². The van der Waals surface area contributed by atoms with Gasteiger partial charge in [-0.05, 0) is 6.42 Å².